The van der Waals surface area contributed by atoms with Crippen molar-refractivity contribution in [3.05, 3.63) is 83.9 Å². The van der Waals surface area contributed by atoms with Crippen molar-refractivity contribution in [2.75, 3.05) is 13.7 Å². The molecule has 0 atom stereocenters. The Kier molecular flexibility index (Phi) is 5.42. The van der Waals surface area contributed by atoms with Crippen LogP contribution in [0.15, 0.2) is 67.0 Å². The van der Waals surface area contributed by atoms with Crippen molar-refractivity contribution in [3.63, 3.8) is 0 Å². The third kappa shape index (κ3) is 4.42. The lowest BCUT2D eigenvalue weighted by atomic mass is 10.1. The summed E-state index contributed by atoms with van der Waals surface area (Å²) in [6.45, 7) is 2.05. The van der Waals surface area contributed by atoms with Gasteiger partial charge in [-0.1, -0.05) is 30.3 Å². The summed E-state index contributed by atoms with van der Waals surface area (Å²) in [6.07, 6.45) is 6.19. The molecule has 0 radical (unpaired) electrons. The first kappa shape index (κ1) is 18.3. The van der Waals surface area contributed by atoms with Crippen LogP contribution >= 0.6 is 0 Å². The summed E-state index contributed by atoms with van der Waals surface area (Å²) in [5.74, 6) is 2.32. The second-order valence-electron chi connectivity index (χ2n) is 7.31. The maximum Gasteiger partial charge on any atom is 0.254 e. The second kappa shape index (κ2) is 8.30. The maximum absolute atomic E-state index is 13.2. The molecule has 1 saturated carbocycles. The first-order valence-corrected chi connectivity index (χ1v) is 9.70. The van der Waals surface area contributed by atoms with E-state index in [1.54, 1.807) is 7.11 Å². The van der Waals surface area contributed by atoms with Gasteiger partial charge in [-0.3, -0.25) is 4.79 Å². The van der Waals surface area contributed by atoms with Gasteiger partial charge in [0, 0.05) is 31.0 Å². The van der Waals surface area contributed by atoms with Crippen LogP contribution in [-0.4, -0.2) is 34.0 Å². The summed E-state index contributed by atoms with van der Waals surface area (Å²) in [6, 6.07) is 17.6. The SMILES string of the molecule is COc1ccc(C(=O)N(Cc2nccn2Cc2ccccc2)CC2CC2)cc1. The van der Waals surface area contributed by atoms with Crippen LogP contribution < -0.4 is 4.74 Å². The monoisotopic (exact) mass is 375 g/mol. The van der Waals surface area contributed by atoms with Crippen molar-refractivity contribution in [2.45, 2.75) is 25.9 Å². The van der Waals surface area contributed by atoms with E-state index in [9.17, 15) is 4.79 Å². The molecule has 28 heavy (non-hydrogen) atoms. The maximum atomic E-state index is 13.2. The number of benzene rings is 2. The molecule has 3 aromatic rings. The third-order valence-corrected chi connectivity index (χ3v) is 5.13. The number of hydrogen-bond acceptors (Lipinski definition) is 3. The van der Waals surface area contributed by atoms with Crippen LogP contribution in [0.4, 0.5) is 0 Å². The summed E-state index contributed by atoms with van der Waals surface area (Å²) in [7, 11) is 1.63. The Balaban J connectivity index is 1.52. The minimum absolute atomic E-state index is 0.0452. The Labute approximate surface area is 165 Å². The van der Waals surface area contributed by atoms with E-state index < -0.39 is 0 Å². The molecule has 0 aliphatic heterocycles. The molecule has 2 aromatic carbocycles. The smallest absolute Gasteiger partial charge is 0.254 e. The van der Waals surface area contributed by atoms with Crippen molar-refractivity contribution in [1.29, 1.82) is 0 Å². The minimum atomic E-state index is 0.0452. The van der Waals surface area contributed by atoms with Gasteiger partial charge in [0.15, 0.2) is 0 Å². The molecule has 1 heterocycles. The summed E-state index contributed by atoms with van der Waals surface area (Å²) in [5, 5.41) is 0. The molecule has 0 spiro atoms. The summed E-state index contributed by atoms with van der Waals surface area (Å²) < 4.78 is 7.32. The van der Waals surface area contributed by atoms with E-state index in [4.69, 9.17) is 4.74 Å². The summed E-state index contributed by atoms with van der Waals surface area (Å²) in [5.41, 5.74) is 1.90. The van der Waals surface area contributed by atoms with Crippen molar-refractivity contribution >= 4 is 5.91 Å². The molecule has 1 fully saturated rings. The zero-order valence-corrected chi connectivity index (χ0v) is 16.1. The molecule has 5 heteroatoms. The van der Waals surface area contributed by atoms with Gasteiger partial charge in [0.1, 0.15) is 11.6 Å². The number of ether oxygens (including phenoxy) is 1. The molecule has 1 amide bonds. The zero-order valence-electron chi connectivity index (χ0n) is 16.1. The molecule has 0 bridgehead atoms. The topological polar surface area (TPSA) is 47.4 Å². The normalized spacial score (nSPS) is 13.3. The van der Waals surface area contributed by atoms with Gasteiger partial charge in [-0.05, 0) is 48.6 Å². The van der Waals surface area contributed by atoms with Crippen LogP contribution in [0, 0.1) is 5.92 Å². The lowest BCUT2D eigenvalue weighted by Gasteiger charge is -2.23. The van der Waals surface area contributed by atoms with Gasteiger partial charge >= 0.3 is 0 Å². The molecule has 1 aromatic heterocycles. The molecule has 5 nitrogen and oxygen atoms in total. The second-order valence-corrected chi connectivity index (χ2v) is 7.31. The van der Waals surface area contributed by atoms with Gasteiger partial charge in [0.2, 0.25) is 0 Å². The standard InChI is InChI=1S/C23H25N3O2/c1-28-21-11-9-20(10-12-21)23(27)26(16-19-7-8-19)17-22-24-13-14-25(22)15-18-5-3-2-4-6-18/h2-6,9-14,19H,7-8,15-17H2,1H3. The van der Waals surface area contributed by atoms with E-state index >= 15 is 0 Å². The number of hydrogen-bond donors (Lipinski definition) is 0. The Bertz CT molecular complexity index is 915. The Morgan fingerprint density at radius 1 is 1.14 bits per heavy atom. The van der Waals surface area contributed by atoms with Crippen LogP contribution in [0.1, 0.15) is 34.6 Å². The van der Waals surface area contributed by atoms with Gasteiger partial charge < -0.3 is 14.2 Å². The number of amides is 1. The fourth-order valence-electron chi connectivity index (χ4n) is 3.33. The van der Waals surface area contributed by atoms with Crippen LogP contribution in [0.5, 0.6) is 5.75 Å². The van der Waals surface area contributed by atoms with Crippen molar-refractivity contribution < 1.29 is 9.53 Å². The first-order valence-electron chi connectivity index (χ1n) is 9.70. The van der Waals surface area contributed by atoms with E-state index in [2.05, 4.69) is 21.7 Å². The van der Waals surface area contributed by atoms with Crippen molar-refractivity contribution in [3.8, 4) is 5.75 Å². The van der Waals surface area contributed by atoms with E-state index in [-0.39, 0.29) is 5.91 Å². The molecular weight excluding hydrogens is 350 g/mol. The van der Waals surface area contributed by atoms with Crippen molar-refractivity contribution in [1.82, 2.24) is 14.5 Å². The quantitative estimate of drug-likeness (QED) is 0.598. The van der Waals surface area contributed by atoms with E-state index in [1.807, 2.05) is 59.8 Å². The van der Waals surface area contributed by atoms with E-state index in [1.165, 1.54) is 18.4 Å². The summed E-state index contributed by atoms with van der Waals surface area (Å²) >= 11 is 0. The minimum Gasteiger partial charge on any atom is -0.497 e. The van der Waals surface area contributed by atoms with Gasteiger partial charge in [0.25, 0.3) is 5.91 Å². The van der Waals surface area contributed by atoms with E-state index in [0.29, 0.717) is 18.0 Å². The van der Waals surface area contributed by atoms with Crippen LogP contribution in [0.25, 0.3) is 0 Å². The summed E-state index contributed by atoms with van der Waals surface area (Å²) in [4.78, 5) is 19.6. The van der Waals surface area contributed by atoms with Gasteiger partial charge in [-0.15, -0.1) is 0 Å². The molecule has 0 N–H and O–H groups in total. The molecule has 0 saturated heterocycles. The highest BCUT2D eigenvalue weighted by Gasteiger charge is 2.28. The molecule has 144 valence electrons. The fraction of sp³-hybridized carbons (Fsp3) is 0.304. The number of nitrogens with zero attached hydrogens (tertiary/aromatic N) is 3. The zero-order chi connectivity index (χ0) is 19.3. The Morgan fingerprint density at radius 3 is 2.57 bits per heavy atom. The molecule has 0 unspecified atom stereocenters. The lowest BCUT2D eigenvalue weighted by Crippen LogP contribution is -2.33. The highest BCUT2D eigenvalue weighted by Crippen LogP contribution is 2.30. The Hall–Kier alpha value is -3.08. The fourth-order valence-corrected chi connectivity index (χ4v) is 3.33. The van der Waals surface area contributed by atoms with E-state index in [0.717, 1.165) is 24.7 Å². The molecule has 4 rings (SSSR count). The van der Waals surface area contributed by atoms with Gasteiger partial charge in [0.05, 0.1) is 13.7 Å². The van der Waals surface area contributed by atoms with Crippen molar-refractivity contribution in [2.24, 2.45) is 5.92 Å². The average molecular weight is 375 g/mol. The number of carbonyl (C=O) groups is 1. The van der Waals surface area contributed by atoms with Crippen LogP contribution in [-0.2, 0) is 13.1 Å². The third-order valence-electron chi connectivity index (χ3n) is 5.13. The number of carbonyl (C=O) groups excluding carboxylic acids is 1. The number of imidazole rings is 1. The molecule has 1 aliphatic carbocycles. The predicted molar refractivity (Wildman–Crippen MR) is 108 cm³/mol. The number of rotatable bonds is 8. The van der Waals surface area contributed by atoms with Gasteiger partial charge in [-0.2, -0.15) is 0 Å². The van der Waals surface area contributed by atoms with Crippen LogP contribution in [0.3, 0.4) is 0 Å². The first-order chi connectivity index (χ1) is 13.7. The largest absolute Gasteiger partial charge is 0.497 e. The number of methoxy groups -OCH3 is 1. The highest BCUT2D eigenvalue weighted by molar-refractivity contribution is 5.94. The lowest BCUT2D eigenvalue weighted by molar-refractivity contribution is 0.0728. The Morgan fingerprint density at radius 2 is 1.89 bits per heavy atom. The molecular formula is C23H25N3O2. The number of aromatic nitrogens is 2. The average Bonchev–Trinajstić information content (AvgIpc) is 3.46. The molecule has 1 aliphatic rings. The van der Waals surface area contributed by atoms with Gasteiger partial charge in [-0.25, -0.2) is 4.98 Å². The predicted octanol–water partition coefficient (Wildman–Crippen LogP) is 3.99. The highest BCUT2D eigenvalue weighted by atomic mass is 16.5. The van der Waals surface area contributed by atoms with Crippen LogP contribution in [0.2, 0.25) is 0 Å².